The van der Waals surface area contributed by atoms with Gasteiger partial charge < -0.3 is 15.5 Å². The first-order valence-corrected chi connectivity index (χ1v) is 10.7. The smallest absolute Gasteiger partial charge is 0.245 e. The molecule has 2 heterocycles. The SMILES string of the molecule is CC(NC(=O)C1N2C(=O)CC2S(=O)(=O)C1(C)C)C(=O)NC(C)c1ccccc1. The van der Waals surface area contributed by atoms with Gasteiger partial charge in [-0.1, -0.05) is 30.3 Å². The van der Waals surface area contributed by atoms with Crippen LogP contribution in [0.4, 0.5) is 0 Å². The summed E-state index contributed by atoms with van der Waals surface area (Å²) in [6.07, 6.45) is -0.0971. The normalized spacial score (nSPS) is 26.6. The van der Waals surface area contributed by atoms with Crippen molar-refractivity contribution in [2.75, 3.05) is 0 Å². The molecule has 0 saturated carbocycles. The molecule has 2 aliphatic heterocycles. The Balaban J connectivity index is 1.68. The molecule has 1 aromatic rings. The molecule has 2 aliphatic rings. The number of rotatable bonds is 5. The van der Waals surface area contributed by atoms with Crippen LogP contribution < -0.4 is 10.6 Å². The maximum absolute atomic E-state index is 12.8. The zero-order valence-electron chi connectivity index (χ0n) is 16.3. The number of hydrogen-bond acceptors (Lipinski definition) is 5. The number of nitrogens with zero attached hydrogens (tertiary/aromatic N) is 1. The van der Waals surface area contributed by atoms with Crippen LogP contribution in [0.25, 0.3) is 0 Å². The Hall–Kier alpha value is -2.42. The lowest BCUT2D eigenvalue weighted by atomic mass is 9.97. The molecule has 0 radical (unpaired) electrons. The third-order valence-electron chi connectivity index (χ3n) is 5.63. The molecule has 2 fully saturated rings. The van der Waals surface area contributed by atoms with Gasteiger partial charge in [-0.25, -0.2) is 8.42 Å². The minimum atomic E-state index is -3.66. The fourth-order valence-electron chi connectivity index (χ4n) is 3.78. The summed E-state index contributed by atoms with van der Waals surface area (Å²) >= 11 is 0. The summed E-state index contributed by atoms with van der Waals surface area (Å²) in [5, 5.41) is 4.44. The summed E-state index contributed by atoms with van der Waals surface area (Å²) < 4.78 is 23.8. The summed E-state index contributed by atoms with van der Waals surface area (Å²) in [4.78, 5) is 38.3. The number of carbonyl (C=O) groups is 3. The first-order chi connectivity index (χ1) is 13.0. The van der Waals surface area contributed by atoms with Crippen molar-refractivity contribution in [1.82, 2.24) is 15.5 Å². The summed E-state index contributed by atoms with van der Waals surface area (Å²) in [5.74, 6) is -1.40. The van der Waals surface area contributed by atoms with Gasteiger partial charge in [-0.15, -0.1) is 0 Å². The quantitative estimate of drug-likeness (QED) is 0.691. The van der Waals surface area contributed by atoms with Crippen LogP contribution >= 0.6 is 0 Å². The fourth-order valence-corrected chi connectivity index (χ4v) is 5.91. The molecule has 2 N–H and O–H groups in total. The molecular formula is C19H25N3O5S. The van der Waals surface area contributed by atoms with Crippen LogP contribution in [0, 0.1) is 0 Å². The molecule has 0 spiro atoms. The Morgan fingerprint density at radius 3 is 2.32 bits per heavy atom. The van der Waals surface area contributed by atoms with Gasteiger partial charge in [-0.05, 0) is 33.3 Å². The number of benzene rings is 1. The fraction of sp³-hybridized carbons (Fsp3) is 0.526. The van der Waals surface area contributed by atoms with Crippen LogP contribution in [-0.2, 0) is 24.2 Å². The van der Waals surface area contributed by atoms with Crippen molar-refractivity contribution in [2.45, 2.75) is 62.4 Å². The predicted octanol–water partition coefficient (Wildman–Crippen LogP) is 0.503. The van der Waals surface area contributed by atoms with Gasteiger partial charge in [0.25, 0.3) is 0 Å². The predicted molar refractivity (Wildman–Crippen MR) is 103 cm³/mol. The van der Waals surface area contributed by atoms with Gasteiger partial charge >= 0.3 is 0 Å². The van der Waals surface area contributed by atoms with Gasteiger partial charge in [0, 0.05) is 0 Å². The maximum Gasteiger partial charge on any atom is 0.245 e. The number of fused-ring (bicyclic) bond motifs is 1. The monoisotopic (exact) mass is 407 g/mol. The third kappa shape index (κ3) is 3.07. The molecule has 4 atom stereocenters. The average molecular weight is 407 g/mol. The Labute approximate surface area is 164 Å². The molecule has 1 aromatic carbocycles. The van der Waals surface area contributed by atoms with Gasteiger partial charge in [0.15, 0.2) is 9.84 Å². The van der Waals surface area contributed by atoms with E-state index < -0.39 is 43.9 Å². The summed E-state index contributed by atoms with van der Waals surface area (Å²) in [6, 6.07) is 7.10. The van der Waals surface area contributed by atoms with E-state index in [1.165, 1.54) is 20.8 Å². The third-order valence-corrected chi connectivity index (χ3v) is 8.43. The van der Waals surface area contributed by atoms with Crippen LogP contribution in [0.2, 0.25) is 0 Å². The number of amides is 3. The van der Waals surface area contributed by atoms with E-state index in [0.29, 0.717) is 0 Å². The van der Waals surface area contributed by atoms with Crippen LogP contribution in [0.1, 0.15) is 45.7 Å². The van der Waals surface area contributed by atoms with Gasteiger partial charge in [0.1, 0.15) is 17.5 Å². The number of hydrogen-bond donors (Lipinski definition) is 2. The second-order valence-electron chi connectivity index (χ2n) is 7.88. The van der Waals surface area contributed by atoms with Crippen molar-refractivity contribution >= 4 is 27.6 Å². The van der Waals surface area contributed by atoms with Crippen molar-refractivity contribution in [1.29, 1.82) is 0 Å². The minimum absolute atomic E-state index is 0.0971. The largest absolute Gasteiger partial charge is 0.348 e. The number of sulfone groups is 1. The highest BCUT2D eigenvalue weighted by molar-refractivity contribution is 7.93. The summed E-state index contributed by atoms with van der Waals surface area (Å²) in [6.45, 7) is 6.25. The average Bonchev–Trinajstić information content (AvgIpc) is 2.75. The second-order valence-corrected chi connectivity index (χ2v) is 10.6. The van der Waals surface area contributed by atoms with Crippen LogP contribution in [0.15, 0.2) is 30.3 Å². The van der Waals surface area contributed by atoms with Gasteiger partial charge in [-0.2, -0.15) is 0 Å². The van der Waals surface area contributed by atoms with E-state index >= 15 is 0 Å². The Kier molecular flexibility index (Phi) is 4.99. The van der Waals surface area contributed by atoms with Gasteiger partial charge in [0.2, 0.25) is 17.7 Å². The molecule has 0 aromatic heterocycles. The lowest BCUT2D eigenvalue weighted by Gasteiger charge is -2.37. The van der Waals surface area contributed by atoms with Crippen LogP contribution in [0.3, 0.4) is 0 Å². The molecule has 3 amide bonds. The minimum Gasteiger partial charge on any atom is -0.348 e. The molecule has 152 valence electrons. The van der Waals surface area contributed by atoms with Crippen molar-refractivity contribution in [2.24, 2.45) is 0 Å². The maximum atomic E-state index is 12.8. The van der Waals surface area contributed by atoms with E-state index in [2.05, 4.69) is 10.6 Å². The number of β-lactam (4-membered cyclic amide) rings is 1. The van der Waals surface area contributed by atoms with E-state index in [1.54, 1.807) is 0 Å². The highest BCUT2D eigenvalue weighted by atomic mass is 32.2. The Morgan fingerprint density at radius 1 is 1.14 bits per heavy atom. The molecule has 9 heteroatoms. The summed E-state index contributed by atoms with van der Waals surface area (Å²) in [5.41, 5.74) is 0.923. The van der Waals surface area contributed by atoms with Crippen LogP contribution in [0.5, 0.6) is 0 Å². The Bertz CT molecular complexity index is 913. The molecule has 0 aliphatic carbocycles. The van der Waals surface area contributed by atoms with E-state index in [0.717, 1.165) is 10.5 Å². The van der Waals surface area contributed by atoms with Crippen LogP contribution in [-0.4, -0.2) is 53.2 Å². The van der Waals surface area contributed by atoms with E-state index in [4.69, 9.17) is 0 Å². The first-order valence-electron chi connectivity index (χ1n) is 9.18. The zero-order valence-corrected chi connectivity index (χ0v) is 17.1. The topological polar surface area (TPSA) is 113 Å². The highest BCUT2D eigenvalue weighted by Crippen LogP contribution is 2.45. The zero-order chi connectivity index (χ0) is 20.9. The Morgan fingerprint density at radius 2 is 1.75 bits per heavy atom. The van der Waals surface area contributed by atoms with Gasteiger partial charge in [0.05, 0.1) is 17.2 Å². The van der Waals surface area contributed by atoms with E-state index in [1.807, 2.05) is 37.3 Å². The summed E-state index contributed by atoms with van der Waals surface area (Å²) in [7, 11) is -3.66. The van der Waals surface area contributed by atoms with E-state index in [9.17, 15) is 22.8 Å². The van der Waals surface area contributed by atoms with Crippen molar-refractivity contribution in [3.8, 4) is 0 Å². The van der Waals surface area contributed by atoms with Gasteiger partial charge in [-0.3, -0.25) is 14.4 Å². The molecule has 2 saturated heterocycles. The molecule has 8 nitrogen and oxygen atoms in total. The van der Waals surface area contributed by atoms with Crippen molar-refractivity contribution in [3.63, 3.8) is 0 Å². The number of nitrogens with one attached hydrogen (secondary N) is 2. The standard InChI is InChI=1S/C19H25N3O5S/c1-11(13-8-6-5-7-9-13)20-17(24)12(2)21-18(25)16-19(3,4)28(26,27)15-10-14(23)22(15)16/h5-9,11-12,15-16H,10H2,1-4H3,(H,20,24)(H,21,25). The van der Waals surface area contributed by atoms with Crippen molar-refractivity contribution in [3.05, 3.63) is 35.9 Å². The molecule has 3 rings (SSSR count). The molecular weight excluding hydrogens is 382 g/mol. The second kappa shape index (κ2) is 6.88. The van der Waals surface area contributed by atoms with Crippen molar-refractivity contribution < 1.29 is 22.8 Å². The van der Waals surface area contributed by atoms with E-state index in [-0.39, 0.29) is 18.4 Å². The molecule has 28 heavy (non-hydrogen) atoms. The molecule has 0 bridgehead atoms. The lowest BCUT2D eigenvalue weighted by molar-refractivity contribution is -0.150. The molecule has 4 unspecified atom stereocenters. The highest BCUT2D eigenvalue weighted by Gasteiger charge is 2.67. The number of carbonyl (C=O) groups excluding carboxylic acids is 3. The first kappa shape index (κ1) is 20.3. The lowest BCUT2D eigenvalue weighted by Crippen LogP contribution is -2.61.